The van der Waals surface area contributed by atoms with Gasteiger partial charge in [-0.25, -0.2) is 8.42 Å². The highest BCUT2D eigenvalue weighted by Gasteiger charge is 2.01. The number of thioether (sulfide) groups is 1. The zero-order valence-corrected chi connectivity index (χ0v) is 12.2. The summed E-state index contributed by atoms with van der Waals surface area (Å²) in [5.74, 6) is 1.21. The van der Waals surface area contributed by atoms with Crippen molar-refractivity contribution in [1.29, 1.82) is 0 Å². The SMILES string of the molecule is CS(=O)(=O)CCCCSc1cncc(Br)c1. The summed E-state index contributed by atoms with van der Waals surface area (Å²) in [5.41, 5.74) is 0. The molecule has 6 heteroatoms. The van der Waals surface area contributed by atoms with E-state index in [0.29, 0.717) is 0 Å². The Morgan fingerprint density at radius 2 is 2.12 bits per heavy atom. The second kappa shape index (κ2) is 6.61. The third-order valence-electron chi connectivity index (χ3n) is 1.86. The maximum atomic E-state index is 10.9. The van der Waals surface area contributed by atoms with Gasteiger partial charge in [0.25, 0.3) is 0 Å². The van der Waals surface area contributed by atoms with Crippen LogP contribution in [0.2, 0.25) is 0 Å². The summed E-state index contributed by atoms with van der Waals surface area (Å²) in [6.07, 6.45) is 6.47. The van der Waals surface area contributed by atoms with Gasteiger partial charge >= 0.3 is 0 Å². The Balaban J connectivity index is 2.21. The zero-order valence-electron chi connectivity index (χ0n) is 9.02. The Labute approximate surface area is 109 Å². The van der Waals surface area contributed by atoms with Crippen molar-refractivity contribution >= 4 is 37.5 Å². The van der Waals surface area contributed by atoms with Gasteiger partial charge in [0.2, 0.25) is 0 Å². The van der Waals surface area contributed by atoms with Crippen LogP contribution in [0.15, 0.2) is 27.8 Å². The number of hydrogen-bond donors (Lipinski definition) is 0. The largest absolute Gasteiger partial charge is 0.262 e. The summed E-state index contributed by atoms with van der Waals surface area (Å²) in [6.45, 7) is 0. The molecule has 0 unspecified atom stereocenters. The molecule has 16 heavy (non-hydrogen) atoms. The van der Waals surface area contributed by atoms with Crippen LogP contribution in [-0.2, 0) is 9.84 Å². The first-order chi connectivity index (χ1) is 7.47. The quantitative estimate of drug-likeness (QED) is 0.596. The third-order valence-corrected chi connectivity index (χ3v) is 4.37. The average molecular weight is 324 g/mol. The molecular formula is C10H14BrNO2S2. The lowest BCUT2D eigenvalue weighted by molar-refractivity contribution is 0.598. The Hall–Kier alpha value is -0.0700. The van der Waals surface area contributed by atoms with Crippen LogP contribution in [0.4, 0.5) is 0 Å². The van der Waals surface area contributed by atoms with Crippen LogP contribution in [0.25, 0.3) is 0 Å². The molecule has 0 spiro atoms. The zero-order chi connectivity index (χ0) is 12.0. The van der Waals surface area contributed by atoms with E-state index in [4.69, 9.17) is 0 Å². The van der Waals surface area contributed by atoms with E-state index in [1.165, 1.54) is 6.26 Å². The van der Waals surface area contributed by atoms with E-state index in [-0.39, 0.29) is 5.75 Å². The second-order valence-electron chi connectivity index (χ2n) is 3.52. The lowest BCUT2D eigenvalue weighted by Gasteiger charge is -2.01. The fourth-order valence-electron chi connectivity index (χ4n) is 1.13. The van der Waals surface area contributed by atoms with Crippen LogP contribution < -0.4 is 0 Å². The highest BCUT2D eigenvalue weighted by molar-refractivity contribution is 9.10. The number of pyridine rings is 1. The fourth-order valence-corrected chi connectivity index (χ4v) is 3.30. The van der Waals surface area contributed by atoms with Gasteiger partial charge in [-0.05, 0) is 40.6 Å². The van der Waals surface area contributed by atoms with Crippen LogP contribution in [-0.4, -0.2) is 31.2 Å². The third kappa shape index (κ3) is 6.50. The van der Waals surface area contributed by atoms with Crippen molar-refractivity contribution < 1.29 is 8.42 Å². The van der Waals surface area contributed by atoms with Gasteiger partial charge in [0.05, 0.1) is 0 Å². The Morgan fingerprint density at radius 1 is 1.38 bits per heavy atom. The number of unbranched alkanes of at least 4 members (excludes halogenated alkanes) is 1. The molecule has 0 bridgehead atoms. The van der Waals surface area contributed by atoms with Crippen LogP contribution in [0.3, 0.4) is 0 Å². The van der Waals surface area contributed by atoms with Gasteiger partial charge in [-0.15, -0.1) is 11.8 Å². The minimum atomic E-state index is -2.81. The van der Waals surface area contributed by atoms with Gasteiger partial charge in [-0.3, -0.25) is 4.98 Å². The molecule has 0 aliphatic rings. The first-order valence-electron chi connectivity index (χ1n) is 4.88. The Bertz CT molecular complexity index is 434. The molecule has 0 saturated heterocycles. The normalized spacial score (nSPS) is 11.6. The highest BCUT2D eigenvalue weighted by Crippen LogP contribution is 2.21. The summed E-state index contributed by atoms with van der Waals surface area (Å²) >= 11 is 5.05. The maximum absolute atomic E-state index is 10.9. The lowest BCUT2D eigenvalue weighted by atomic mass is 10.4. The van der Waals surface area contributed by atoms with E-state index < -0.39 is 9.84 Å². The molecule has 1 rings (SSSR count). The van der Waals surface area contributed by atoms with E-state index in [1.807, 2.05) is 12.3 Å². The second-order valence-corrected chi connectivity index (χ2v) is 7.87. The molecule has 90 valence electrons. The molecule has 0 radical (unpaired) electrons. The molecule has 0 N–H and O–H groups in total. The monoisotopic (exact) mass is 323 g/mol. The van der Waals surface area contributed by atoms with Crippen LogP contribution in [0, 0.1) is 0 Å². The molecule has 1 aromatic heterocycles. The molecule has 0 amide bonds. The lowest BCUT2D eigenvalue weighted by Crippen LogP contribution is -2.02. The first-order valence-corrected chi connectivity index (χ1v) is 8.72. The topological polar surface area (TPSA) is 47.0 Å². The van der Waals surface area contributed by atoms with Gasteiger partial charge in [0.1, 0.15) is 9.84 Å². The van der Waals surface area contributed by atoms with E-state index >= 15 is 0 Å². The van der Waals surface area contributed by atoms with Crippen LogP contribution in [0.5, 0.6) is 0 Å². The molecule has 1 aromatic rings. The van der Waals surface area contributed by atoms with E-state index in [0.717, 1.165) is 28.0 Å². The Kier molecular flexibility index (Phi) is 5.78. The minimum absolute atomic E-state index is 0.282. The Morgan fingerprint density at radius 3 is 2.75 bits per heavy atom. The van der Waals surface area contributed by atoms with E-state index in [1.54, 1.807) is 18.0 Å². The summed E-state index contributed by atoms with van der Waals surface area (Å²) in [7, 11) is -2.81. The molecule has 0 saturated carbocycles. The molecule has 0 fully saturated rings. The standard InChI is InChI=1S/C10H14BrNO2S2/c1-16(13,14)5-3-2-4-15-10-6-9(11)7-12-8-10/h6-8H,2-5H2,1H3. The van der Waals surface area contributed by atoms with Crippen molar-refractivity contribution in [1.82, 2.24) is 4.98 Å². The van der Waals surface area contributed by atoms with Gasteiger partial charge in [0.15, 0.2) is 0 Å². The summed E-state index contributed by atoms with van der Waals surface area (Å²) in [4.78, 5) is 5.16. The molecule has 0 aliphatic heterocycles. The van der Waals surface area contributed by atoms with Crippen molar-refractivity contribution in [3.05, 3.63) is 22.9 Å². The summed E-state index contributed by atoms with van der Waals surface area (Å²) < 4.78 is 22.7. The number of halogens is 1. The van der Waals surface area contributed by atoms with Crippen molar-refractivity contribution in [3.63, 3.8) is 0 Å². The predicted molar refractivity (Wildman–Crippen MR) is 71.6 cm³/mol. The fraction of sp³-hybridized carbons (Fsp3) is 0.500. The molecule has 1 heterocycles. The number of aromatic nitrogens is 1. The number of rotatable bonds is 6. The van der Waals surface area contributed by atoms with Crippen LogP contribution in [0.1, 0.15) is 12.8 Å². The first kappa shape index (κ1) is 14.0. The van der Waals surface area contributed by atoms with Gasteiger partial charge in [-0.2, -0.15) is 0 Å². The van der Waals surface area contributed by atoms with Crippen molar-refractivity contribution in [2.45, 2.75) is 17.7 Å². The molecular weight excluding hydrogens is 310 g/mol. The highest BCUT2D eigenvalue weighted by atomic mass is 79.9. The smallest absolute Gasteiger partial charge is 0.147 e. The maximum Gasteiger partial charge on any atom is 0.147 e. The summed E-state index contributed by atoms with van der Waals surface area (Å²) in [5, 5.41) is 0. The minimum Gasteiger partial charge on any atom is -0.262 e. The van der Waals surface area contributed by atoms with Gasteiger partial charge < -0.3 is 0 Å². The number of nitrogens with zero attached hydrogens (tertiary/aromatic N) is 1. The molecule has 3 nitrogen and oxygen atoms in total. The van der Waals surface area contributed by atoms with Crippen molar-refractivity contribution in [2.24, 2.45) is 0 Å². The van der Waals surface area contributed by atoms with Crippen LogP contribution >= 0.6 is 27.7 Å². The van der Waals surface area contributed by atoms with Gasteiger partial charge in [0, 0.05) is 33.8 Å². The predicted octanol–water partition coefficient (Wildman–Crippen LogP) is 2.76. The van der Waals surface area contributed by atoms with E-state index in [2.05, 4.69) is 20.9 Å². The average Bonchev–Trinajstić information content (AvgIpc) is 2.15. The van der Waals surface area contributed by atoms with Gasteiger partial charge in [-0.1, -0.05) is 0 Å². The molecule has 0 aliphatic carbocycles. The summed E-state index contributed by atoms with van der Waals surface area (Å²) in [6, 6.07) is 2.01. The van der Waals surface area contributed by atoms with Crippen molar-refractivity contribution in [3.8, 4) is 0 Å². The number of hydrogen-bond acceptors (Lipinski definition) is 4. The van der Waals surface area contributed by atoms with E-state index in [9.17, 15) is 8.42 Å². The molecule has 0 aromatic carbocycles. The number of sulfone groups is 1. The molecule has 0 atom stereocenters. The van der Waals surface area contributed by atoms with Crippen molar-refractivity contribution in [2.75, 3.05) is 17.8 Å².